The summed E-state index contributed by atoms with van der Waals surface area (Å²) in [6, 6.07) is 15.0. The third kappa shape index (κ3) is 5.87. The van der Waals surface area contributed by atoms with E-state index in [1.807, 2.05) is 36.4 Å². The number of benzene rings is 2. The lowest BCUT2D eigenvalue weighted by Gasteiger charge is -2.20. The molecule has 122 valence electrons. The van der Waals surface area contributed by atoms with Crippen molar-refractivity contribution in [1.82, 2.24) is 4.90 Å². The van der Waals surface area contributed by atoms with Crippen molar-refractivity contribution < 1.29 is 4.79 Å². The van der Waals surface area contributed by atoms with Gasteiger partial charge < -0.3 is 5.32 Å². The van der Waals surface area contributed by atoms with Gasteiger partial charge in [-0.1, -0.05) is 54.4 Å². The molecule has 0 aliphatic carbocycles. The molecule has 23 heavy (non-hydrogen) atoms. The van der Waals surface area contributed by atoms with E-state index in [2.05, 4.69) is 17.1 Å². The van der Waals surface area contributed by atoms with Gasteiger partial charge in [-0.25, -0.2) is 0 Å². The summed E-state index contributed by atoms with van der Waals surface area (Å²) in [4.78, 5) is 14.3. The molecule has 1 N–H and O–H groups in total. The average Bonchev–Trinajstić information content (AvgIpc) is 2.53. The van der Waals surface area contributed by atoms with Gasteiger partial charge >= 0.3 is 0 Å². The van der Waals surface area contributed by atoms with Crippen LogP contribution in [0, 0.1) is 0 Å². The molecule has 2 aromatic rings. The molecule has 5 heteroatoms. The van der Waals surface area contributed by atoms with E-state index in [0.717, 1.165) is 23.7 Å². The van der Waals surface area contributed by atoms with E-state index in [1.165, 1.54) is 0 Å². The summed E-state index contributed by atoms with van der Waals surface area (Å²) in [5.41, 5.74) is 1.79. The number of hydrogen-bond acceptors (Lipinski definition) is 2. The Morgan fingerprint density at radius 3 is 2.61 bits per heavy atom. The molecule has 0 saturated carbocycles. The molecule has 0 heterocycles. The molecule has 2 rings (SSSR count). The Kier molecular flexibility index (Phi) is 6.90. The van der Waals surface area contributed by atoms with Crippen LogP contribution in [-0.4, -0.2) is 23.9 Å². The quantitative estimate of drug-likeness (QED) is 0.774. The maximum Gasteiger partial charge on any atom is 0.225 e. The standard InChI is InChI=1S/C18H20Cl2N2O/c1-2-22(13-14-6-5-7-15(19)12-14)11-10-18(23)21-17-9-4-3-8-16(17)20/h3-9,12H,2,10-11,13H2,1H3,(H,21,23). The molecule has 0 radical (unpaired) electrons. The van der Waals surface area contributed by atoms with Gasteiger partial charge in [-0.3, -0.25) is 9.69 Å². The number of rotatable bonds is 7. The largest absolute Gasteiger partial charge is 0.325 e. The number of amides is 1. The zero-order valence-electron chi connectivity index (χ0n) is 13.1. The lowest BCUT2D eigenvalue weighted by Crippen LogP contribution is -2.27. The summed E-state index contributed by atoms with van der Waals surface area (Å²) in [5.74, 6) is -0.0392. The van der Waals surface area contributed by atoms with Gasteiger partial charge in [-0.2, -0.15) is 0 Å². The number of carbonyl (C=O) groups is 1. The Morgan fingerprint density at radius 1 is 1.13 bits per heavy atom. The van der Waals surface area contributed by atoms with E-state index < -0.39 is 0 Å². The second-order valence-electron chi connectivity index (χ2n) is 5.28. The summed E-state index contributed by atoms with van der Waals surface area (Å²) in [5, 5.41) is 4.12. The third-order valence-corrected chi connectivity index (χ3v) is 4.11. The van der Waals surface area contributed by atoms with E-state index in [4.69, 9.17) is 23.2 Å². The van der Waals surface area contributed by atoms with Crippen molar-refractivity contribution in [2.24, 2.45) is 0 Å². The maximum absolute atomic E-state index is 12.1. The molecular weight excluding hydrogens is 331 g/mol. The molecule has 3 nitrogen and oxygen atoms in total. The average molecular weight is 351 g/mol. The molecule has 0 aromatic heterocycles. The Bertz CT molecular complexity index is 661. The topological polar surface area (TPSA) is 32.3 Å². The fourth-order valence-corrected chi connectivity index (χ4v) is 2.67. The van der Waals surface area contributed by atoms with Crippen molar-refractivity contribution in [3.05, 3.63) is 64.1 Å². The van der Waals surface area contributed by atoms with Gasteiger partial charge in [0.1, 0.15) is 0 Å². The summed E-state index contributed by atoms with van der Waals surface area (Å²) < 4.78 is 0. The summed E-state index contributed by atoms with van der Waals surface area (Å²) in [6.45, 7) is 4.40. The van der Waals surface area contributed by atoms with E-state index in [0.29, 0.717) is 23.7 Å². The first kappa shape index (κ1) is 17.8. The SMILES string of the molecule is CCN(CCC(=O)Nc1ccccc1Cl)Cc1cccc(Cl)c1. The first-order valence-corrected chi connectivity index (χ1v) is 8.35. The van der Waals surface area contributed by atoms with Crippen LogP contribution in [0.15, 0.2) is 48.5 Å². The highest BCUT2D eigenvalue weighted by molar-refractivity contribution is 6.33. The van der Waals surface area contributed by atoms with Crippen LogP contribution in [-0.2, 0) is 11.3 Å². The zero-order chi connectivity index (χ0) is 16.7. The van der Waals surface area contributed by atoms with Crippen LogP contribution in [0.5, 0.6) is 0 Å². The Balaban J connectivity index is 1.85. The number of halogens is 2. The Hall–Kier alpha value is -1.55. The third-order valence-electron chi connectivity index (χ3n) is 3.55. The molecule has 0 aliphatic heterocycles. The van der Waals surface area contributed by atoms with Crippen molar-refractivity contribution in [2.75, 3.05) is 18.4 Å². The van der Waals surface area contributed by atoms with Crippen molar-refractivity contribution >= 4 is 34.8 Å². The van der Waals surface area contributed by atoms with Crippen molar-refractivity contribution in [1.29, 1.82) is 0 Å². The minimum atomic E-state index is -0.0392. The first-order valence-electron chi connectivity index (χ1n) is 7.59. The van der Waals surface area contributed by atoms with Crippen LogP contribution >= 0.6 is 23.2 Å². The lowest BCUT2D eigenvalue weighted by atomic mass is 10.2. The molecule has 1 amide bonds. The second kappa shape index (κ2) is 8.92. The normalized spacial score (nSPS) is 10.8. The van der Waals surface area contributed by atoms with Crippen molar-refractivity contribution in [3.8, 4) is 0 Å². The molecule has 0 aliphatic rings. The number of anilines is 1. The number of nitrogens with zero attached hydrogens (tertiary/aromatic N) is 1. The second-order valence-corrected chi connectivity index (χ2v) is 6.12. The highest BCUT2D eigenvalue weighted by Gasteiger charge is 2.09. The van der Waals surface area contributed by atoms with Crippen molar-refractivity contribution in [3.63, 3.8) is 0 Å². The van der Waals surface area contributed by atoms with Gasteiger partial charge in [0.05, 0.1) is 10.7 Å². The molecule has 2 aromatic carbocycles. The van der Waals surface area contributed by atoms with Gasteiger partial charge in [0, 0.05) is 24.5 Å². The van der Waals surface area contributed by atoms with Gasteiger partial charge in [-0.05, 0) is 36.4 Å². The van der Waals surface area contributed by atoms with Crippen LogP contribution in [0.25, 0.3) is 0 Å². The summed E-state index contributed by atoms with van der Waals surface area (Å²) >= 11 is 12.1. The number of para-hydroxylation sites is 1. The summed E-state index contributed by atoms with van der Waals surface area (Å²) in [6.07, 6.45) is 0.416. The minimum absolute atomic E-state index is 0.0392. The van der Waals surface area contributed by atoms with E-state index in [1.54, 1.807) is 12.1 Å². The fourth-order valence-electron chi connectivity index (χ4n) is 2.28. The van der Waals surface area contributed by atoms with Crippen LogP contribution in [0.2, 0.25) is 10.0 Å². The van der Waals surface area contributed by atoms with E-state index in [9.17, 15) is 4.79 Å². The summed E-state index contributed by atoms with van der Waals surface area (Å²) in [7, 11) is 0. The van der Waals surface area contributed by atoms with Gasteiger partial charge in [0.25, 0.3) is 0 Å². The monoisotopic (exact) mass is 350 g/mol. The molecular formula is C18H20Cl2N2O. The number of hydrogen-bond donors (Lipinski definition) is 1. The molecule has 0 saturated heterocycles. The zero-order valence-corrected chi connectivity index (χ0v) is 14.6. The molecule has 0 spiro atoms. The molecule has 0 unspecified atom stereocenters. The van der Waals surface area contributed by atoms with Gasteiger partial charge in [0.15, 0.2) is 0 Å². The number of carbonyl (C=O) groups excluding carboxylic acids is 1. The smallest absolute Gasteiger partial charge is 0.225 e. The molecule has 0 fully saturated rings. The van der Waals surface area contributed by atoms with Crippen LogP contribution in [0.1, 0.15) is 18.9 Å². The number of nitrogens with one attached hydrogen (secondary N) is 1. The molecule has 0 atom stereocenters. The first-order chi connectivity index (χ1) is 11.1. The highest BCUT2D eigenvalue weighted by Crippen LogP contribution is 2.20. The van der Waals surface area contributed by atoms with Crippen LogP contribution < -0.4 is 5.32 Å². The van der Waals surface area contributed by atoms with Crippen molar-refractivity contribution in [2.45, 2.75) is 19.9 Å². The highest BCUT2D eigenvalue weighted by atomic mass is 35.5. The van der Waals surface area contributed by atoms with Gasteiger partial charge in [0.2, 0.25) is 5.91 Å². The van der Waals surface area contributed by atoms with Crippen LogP contribution in [0.3, 0.4) is 0 Å². The lowest BCUT2D eigenvalue weighted by molar-refractivity contribution is -0.116. The van der Waals surface area contributed by atoms with Gasteiger partial charge in [-0.15, -0.1) is 0 Å². The Morgan fingerprint density at radius 2 is 1.91 bits per heavy atom. The fraction of sp³-hybridized carbons (Fsp3) is 0.278. The predicted octanol–water partition coefficient (Wildman–Crippen LogP) is 4.84. The van der Waals surface area contributed by atoms with E-state index >= 15 is 0 Å². The minimum Gasteiger partial charge on any atom is -0.325 e. The maximum atomic E-state index is 12.1. The van der Waals surface area contributed by atoms with Crippen LogP contribution in [0.4, 0.5) is 5.69 Å². The molecule has 0 bridgehead atoms. The Labute approximate surface area is 147 Å². The van der Waals surface area contributed by atoms with E-state index in [-0.39, 0.29) is 5.91 Å². The predicted molar refractivity (Wildman–Crippen MR) is 97.1 cm³/mol.